The molecular weight excluding hydrogens is 362 g/mol. The first kappa shape index (κ1) is 19.9. The molecule has 5 nitrogen and oxygen atoms in total. The highest BCUT2D eigenvalue weighted by atomic mass is 16.2. The van der Waals surface area contributed by atoms with Gasteiger partial charge < -0.3 is 9.80 Å². The van der Waals surface area contributed by atoms with Crippen molar-refractivity contribution in [2.75, 3.05) is 39.3 Å². The normalized spacial score (nSPS) is 23.0. The fraction of sp³-hybridized carbons (Fsp3) is 0.500. The van der Waals surface area contributed by atoms with Crippen LogP contribution in [-0.2, 0) is 4.79 Å². The van der Waals surface area contributed by atoms with E-state index in [0.29, 0.717) is 6.04 Å². The fourth-order valence-electron chi connectivity index (χ4n) is 4.52. The van der Waals surface area contributed by atoms with Gasteiger partial charge in [0.15, 0.2) is 0 Å². The van der Waals surface area contributed by atoms with Crippen LogP contribution in [0.1, 0.15) is 42.1 Å². The Hall–Kier alpha value is -2.40. The van der Waals surface area contributed by atoms with Crippen molar-refractivity contribution in [2.45, 2.75) is 39.2 Å². The van der Waals surface area contributed by atoms with Crippen LogP contribution in [0.25, 0.3) is 0 Å². The van der Waals surface area contributed by atoms with Crippen LogP contribution in [-0.4, -0.2) is 71.8 Å². The third-order valence-electron chi connectivity index (χ3n) is 6.50. The molecule has 2 aliphatic heterocycles. The molecule has 2 amide bonds. The summed E-state index contributed by atoms with van der Waals surface area (Å²) >= 11 is 0. The van der Waals surface area contributed by atoms with E-state index >= 15 is 0 Å². The molecule has 1 unspecified atom stereocenters. The number of allylic oxidation sites excluding steroid dienone is 3. The Kier molecular flexibility index (Phi) is 5.86. The lowest BCUT2D eigenvalue weighted by Crippen LogP contribution is -2.52. The molecule has 0 saturated carbocycles. The molecular formula is C24H31N3O2. The second-order valence-electron chi connectivity index (χ2n) is 8.59. The highest BCUT2D eigenvalue weighted by Gasteiger charge is 2.33. The van der Waals surface area contributed by atoms with Gasteiger partial charge in [-0.3, -0.25) is 14.5 Å². The van der Waals surface area contributed by atoms with Gasteiger partial charge in [-0.2, -0.15) is 0 Å². The Morgan fingerprint density at radius 3 is 2.21 bits per heavy atom. The third-order valence-corrected chi connectivity index (χ3v) is 6.50. The van der Waals surface area contributed by atoms with Gasteiger partial charge >= 0.3 is 0 Å². The van der Waals surface area contributed by atoms with Gasteiger partial charge in [-0.05, 0) is 45.2 Å². The van der Waals surface area contributed by atoms with Crippen molar-refractivity contribution >= 4 is 11.8 Å². The minimum absolute atomic E-state index is 0.125. The third kappa shape index (κ3) is 4.45. The Balaban J connectivity index is 1.29. The highest BCUT2D eigenvalue weighted by Crippen LogP contribution is 2.24. The van der Waals surface area contributed by atoms with E-state index in [-0.39, 0.29) is 11.8 Å². The summed E-state index contributed by atoms with van der Waals surface area (Å²) in [5.74, 6) is 0.338. The standard InChI is InChI=1S/C24H31N3O2/c1-18-3-7-20(8-4-18)23(28)26-15-13-25(14-16-26)22-11-12-27(17-22)24(29)21-9-5-19(2)6-10-21/h3-5,7-9,22H,6,10-17H2,1-2H3. The van der Waals surface area contributed by atoms with E-state index in [1.54, 1.807) is 0 Å². The second-order valence-corrected chi connectivity index (χ2v) is 8.59. The molecule has 29 heavy (non-hydrogen) atoms. The van der Waals surface area contributed by atoms with Crippen LogP contribution in [0, 0.1) is 6.92 Å². The smallest absolute Gasteiger partial charge is 0.253 e. The Morgan fingerprint density at radius 1 is 0.828 bits per heavy atom. The van der Waals surface area contributed by atoms with E-state index in [1.807, 2.05) is 47.1 Å². The average molecular weight is 394 g/mol. The second kappa shape index (κ2) is 8.54. The molecule has 5 heteroatoms. The molecule has 1 aromatic carbocycles. The lowest BCUT2D eigenvalue weighted by molar-refractivity contribution is -0.126. The average Bonchev–Trinajstić information content (AvgIpc) is 3.24. The van der Waals surface area contributed by atoms with Gasteiger partial charge in [-0.15, -0.1) is 0 Å². The Morgan fingerprint density at radius 2 is 1.55 bits per heavy atom. The van der Waals surface area contributed by atoms with Gasteiger partial charge in [0.1, 0.15) is 0 Å². The summed E-state index contributed by atoms with van der Waals surface area (Å²) in [7, 11) is 0. The molecule has 0 spiro atoms. The predicted molar refractivity (Wildman–Crippen MR) is 115 cm³/mol. The molecule has 4 rings (SSSR count). The lowest BCUT2D eigenvalue weighted by atomic mass is 9.99. The Labute approximate surface area is 173 Å². The van der Waals surface area contributed by atoms with Crippen LogP contribution in [0.2, 0.25) is 0 Å². The minimum atomic E-state index is 0.125. The summed E-state index contributed by atoms with van der Waals surface area (Å²) in [6.45, 7) is 9.08. The predicted octanol–water partition coefficient (Wildman–Crippen LogP) is 3.02. The van der Waals surface area contributed by atoms with E-state index in [9.17, 15) is 9.59 Å². The van der Waals surface area contributed by atoms with Crippen LogP contribution in [0.3, 0.4) is 0 Å². The number of benzene rings is 1. The summed E-state index contributed by atoms with van der Waals surface area (Å²) in [5, 5.41) is 0. The summed E-state index contributed by atoms with van der Waals surface area (Å²) in [6, 6.07) is 8.23. The molecule has 154 valence electrons. The molecule has 1 atom stereocenters. The number of carbonyl (C=O) groups is 2. The monoisotopic (exact) mass is 393 g/mol. The van der Waals surface area contributed by atoms with Crippen molar-refractivity contribution in [3.8, 4) is 0 Å². The molecule has 0 N–H and O–H groups in total. The molecule has 0 bridgehead atoms. The Bertz CT molecular complexity index is 832. The first-order chi connectivity index (χ1) is 14.0. The van der Waals surface area contributed by atoms with Crippen molar-refractivity contribution in [3.05, 3.63) is 58.7 Å². The van der Waals surface area contributed by atoms with Crippen LogP contribution in [0.4, 0.5) is 0 Å². The van der Waals surface area contributed by atoms with Crippen LogP contribution in [0.15, 0.2) is 47.6 Å². The summed E-state index contributed by atoms with van der Waals surface area (Å²) < 4.78 is 0. The zero-order valence-corrected chi connectivity index (χ0v) is 17.6. The van der Waals surface area contributed by atoms with E-state index < -0.39 is 0 Å². The van der Waals surface area contributed by atoms with Gasteiger partial charge in [-0.1, -0.05) is 35.4 Å². The maximum atomic E-state index is 12.8. The fourth-order valence-corrected chi connectivity index (χ4v) is 4.52. The molecule has 1 aromatic rings. The van der Waals surface area contributed by atoms with Crippen LogP contribution < -0.4 is 0 Å². The number of hydrogen-bond donors (Lipinski definition) is 0. The number of piperazine rings is 1. The van der Waals surface area contributed by atoms with Crippen molar-refractivity contribution in [1.82, 2.24) is 14.7 Å². The van der Waals surface area contributed by atoms with Crippen LogP contribution >= 0.6 is 0 Å². The van der Waals surface area contributed by atoms with Crippen molar-refractivity contribution in [2.24, 2.45) is 0 Å². The number of nitrogens with zero attached hydrogens (tertiary/aromatic N) is 3. The molecule has 2 saturated heterocycles. The molecule has 1 aliphatic carbocycles. The van der Waals surface area contributed by atoms with Crippen LogP contribution in [0.5, 0.6) is 0 Å². The molecule has 3 aliphatic rings. The minimum Gasteiger partial charge on any atom is -0.337 e. The summed E-state index contributed by atoms with van der Waals surface area (Å²) in [6.07, 6.45) is 6.96. The zero-order valence-electron chi connectivity index (χ0n) is 17.6. The van der Waals surface area contributed by atoms with Crippen molar-refractivity contribution in [3.63, 3.8) is 0 Å². The number of likely N-dealkylation sites (tertiary alicyclic amines) is 1. The maximum absolute atomic E-state index is 12.8. The zero-order chi connectivity index (χ0) is 20.4. The van der Waals surface area contributed by atoms with Gasteiger partial charge in [0.25, 0.3) is 5.91 Å². The maximum Gasteiger partial charge on any atom is 0.253 e. The lowest BCUT2D eigenvalue weighted by Gasteiger charge is -2.38. The summed E-state index contributed by atoms with van der Waals surface area (Å²) in [5.41, 5.74) is 4.23. The molecule has 2 fully saturated rings. The molecule has 0 aromatic heterocycles. The largest absolute Gasteiger partial charge is 0.337 e. The number of rotatable bonds is 3. The van der Waals surface area contributed by atoms with Gasteiger partial charge in [0, 0.05) is 56.4 Å². The number of hydrogen-bond acceptors (Lipinski definition) is 3. The molecule has 2 heterocycles. The first-order valence-corrected chi connectivity index (χ1v) is 10.8. The van der Waals surface area contributed by atoms with Crippen molar-refractivity contribution < 1.29 is 9.59 Å². The van der Waals surface area contributed by atoms with E-state index in [2.05, 4.69) is 17.9 Å². The van der Waals surface area contributed by atoms with Gasteiger partial charge in [-0.25, -0.2) is 0 Å². The van der Waals surface area contributed by atoms with Gasteiger partial charge in [0.2, 0.25) is 5.91 Å². The SMILES string of the molecule is CC1=CC=C(C(=O)N2CCC(N3CCN(C(=O)c4ccc(C)cc4)CC3)C2)CC1. The van der Waals surface area contributed by atoms with Gasteiger partial charge in [0.05, 0.1) is 0 Å². The van der Waals surface area contributed by atoms with E-state index in [0.717, 1.165) is 69.7 Å². The quantitative estimate of drug-likeness (QED) is 0.793. The first-order valence-electron chi connectivity index (χ1n) is 10.8. The van der Waals surface area contributed by atoms with E-state index in [1.165, 1.54) is 11.1 Å². The topological polar surface area (TPSA) is 43.9 Å². The van der Waals surface area contributed by atoms with E-state index in [4.69, 9.17) is 0 Å². The number of carbonyl (C=O) groups excluding carboxylic acids is 2. The highest BCUT2D eigenvalue weighted by molar-refractivity contribution is 5.94. The van der Waals surface area contributed by atoms with Crippen molar-refractivity contribution in [1.29, 1.82) is 0 Å². The number of aryl methyl sites for hydroxylation is 1. The molecule has 0 radical (unpaired) electrons. The summed E-state index contributed by atoms with van der Waals surface area (Å²) in [4.78, 5) is 32.0. The number of amides is 2.